The maximum Gasteiger partial charge on any atom is 0.119 e. The summed E-state index contributed by atoms with van der Waals surface area (Å²) in [6.07, 6.45) is 0. The van der Waals surface area contributed by atoms with Crippen LogP contribution in [0.1, 0.15) is 74.9 Å². The lowest BCUT2D eigenvalue weighted by Gasteiger charge is -2.25. The smallest absolute Gasteiger partial charge is 0.119 e. The van der Waals surface area contributed by atoms with Gasteiger partial charge in [-0.3, -0.25) is 0 Å². The first kappa shape index (κ1) is 45.7. The van der Waals surface area contributed by atoms with Crippen LogP contribution in [0.2, 0.25) is 0 Å². The highest BCUT2D eigenvalue weighted by Crippen LogP contribution is 2.57. The number of rotatable bonds is 6. The van der Waals surface area contributed by atoms with Gasteiger partial charge in [-0.1, -0.05) is 199 Å². The zero-order valence-electron chi connectivity index (χ0n) is 44.9. The van der Waals surface area contributed by atoms with E-state index in [1.807, 2.05) is 0 Å². The van der Waals surface area contributed by atoms with Gasteiger partial charge in [-0.05, 0) is 203 Å². The van der Waals surface area contributed by atoms with E-state index in [0.29, 0.717) is 0 Å². The molecule has 2 nitrogen and oxygen atoms in total. The lowest BCUT2D eigenvalue weighted by Crippen LogP contribution is -2.15. The predicted molar refractivity (Wildman–Crippen MR) is 324 cm³/mol. The molecule has 0 unspecified atom stereocenters. The molecule has 12 aromatic carbocycles. The molecule has 0 saturated carbocycles. The van der Waals surface area contributed by atoms with Crippen molar-refractivity contribution in [1.29, 1.82) is 0 Å². The summed E-state index contributed by atoms with van der Waals surface area (Å²) >= 11 is 0. The minimum Gasteiger partial charge on any atom is -0.497 e. The molecule has 0 spiro atoms. The molecule has 0 fully saturated rings. The van der Waals surface area contributed by atoms with Crippen molar-refractivity contribution in [2.24, 2.45) is 0 Å². The summed E-state index contributed by atoms with van der Waals surface area (Å²) in [6.45, 7) is 14.2. The molecule has 0 heterocycles. The van der Waals surface area contributed by atoms with Crippen LogP contribution in [0.25, 0.3) is 121 Å². The van der Waals surface area contributed by atoms with Crippen LogP contribution in [-0.4, -0.2) is 14.2 Å². The summed E-state index contributed by atoms with van der Waals surface area (Å²) < 4.78 is 11.4. The molecule has 0 N–H and O–H groups in total. The third-order valence-corrected chi connectivity index (χ3v) is 18.5. The maximum absolute atomic E-state index is 5.72. The second kappa shape index (κ2) is 16.2. The summed E-state index contributed by atoms with van der Waals surface area (Å²) in [6, 6.07) is 78.3. The highest BCUT2D eigenvalue weighted by atomic mass is 16.5. The van der Waals surface area contributed by atoms with Gasteiger partial charge in [0, 0.05) is 16.2 Å². The van der Waals surface area contributed by atoms with Gasteiger partial charge in [0.05, 0.1) is 14.2 Å². The molecule has 0 aromatic heterocycles. The second-order valence-corrected chi connectivity index (χ2v) is 23.4. The standard InChI is InChI=1S/C75H58O2/c1-73(2)63-37-43(44-26-32-50-53-35-29-47(76-7)41-67(53)74(3,4)64(50)38-44)25-31-49(63)51-33-27-45(39-65(51)73)69-55-17-9-13-21-59(55)71(60-22-14-10-18-56(60)69)72-61-23-15-11-19-57(61)70(58-20-12-16-24-62(58)72)46-28-34-52-54-36-30-48(77-8)42-68(54)75(5,6)66(52)40-46/h9-42H,1-8H3. The van der Waals surface area contributed by atoms with Crippen LogP contribution in [0, 0.1) is 0 Å². The van der Waals surface area contributed by atoms with Gasteiger partial charge in [-0.15, -0.1) is 0 Å². The number of hydrogen-bond donors (Lipinski definition) is 0. The third-order valence-electron chi connectivity index (χ3n) is 18.5. The number of methoxy groups -OCH3 is 2. The number of hydrogen-bond acceptors (Lipinski definition) is 2. The van der Waals surface area contributed by atoms with Crippen LogP contribution in [-0.2, 0) is 16.2 Å². The Morgan fingerprint density at radius 1 is 0.234 bits per heavy atom. The van der Waals surface area contributed by atoms with E-state index in [2.05, 4.69) is 248 Å². The Bertz CT molecular complexity index is 4450. The van der Waals surface area contributed by atoms with Crippen LogP contribution in [0.15, 0.2) is 206 Å². The van der Waals surface area contributed by atoms with Crippen molar-refractivity contribution in [3.8, 4) is 89.4 Å². The van der Waals surface area contributed by atoms with E-state index in [-0.39, 0.29) is 16.2 Å². The van der Waals surface area contributed by atoms with Crippen LogP contribution in [0.5, 0.6) is 11.5 Å². The zero-order valence-corrected chi connectivity index (χ0v) is 44.9. The summed E-state index contributed by atoms with van der Waals surface area (Å²) in [5.74, 6) is 1.80. The number of ether oxygens (including phenoxy) is 2. The molecule has 0 bridgehead atoms. The fourth-order valence-corrected chi connectivity index (χ4v) is 14.5. The Kier molecular flexibility index (Phi) is 9.58. The first-order valence-electron chi connectivity index (χ1n) is 27.2. The van der Waals surface area contributed by atoms with Crippen molar-refractivity contribution in [1.82, 2.24) is 0 Å². The number of benzene rings is 12. The lowest BCUT2D eigenvalue weighted by molar-refractivity contribution is 0.413. The van der Waals surface area contributed by atoms with Crippen molar-refractivity contribution in [3.05, 3.63) is 240 Å². The van der Waals surface area contributed by atoms with Gasteiger partial charge in [0.2, 0.25) is 0 Å². The average Bonchev–Trinajstić information content (AvgIpc) is 3.95. The average molecular weight is 991 g/mol. The van der Waals surface area contributed by atoms with Crippen molar-refractivity contribution < 1.29 is 9.47 Å². The molecule has 0 atom stereocenters. The fraction of sp³-hybridized carbons (Fsp3) is 0.147. The van der Waals surface area contributed by atoms with Crippen LogP contribution < -0.4 is 9.47 Å². The molecular formula is C75H58O2. The van der Waals surface area contributed by atoms with Gasteiger partial charge in [-0.25, -0.2) is 0 Å². The van der Waals surface area contributed by atoms with Gasteiger partial charge in [-0.2, -0.15) is 0 Å². The van der Waals surface area contributed by atoms with E-state index >= 15 is 0 Å². The first-order chi connectivity index (χ1) is 37.4. The molecular weight excluding hydrogens is 933 g/mol. The van der Waals surface area contributed by atoms with E-state index in [0.717, 1.165) is 11.5 Å². The van der Waals surface area contributed by atoms with Crippen molar-refractivity contribution in [2.75, 3.05) is 14.2 Å². The Morgan fingerprint density at radius 3 is 0.727 bits per heavy atom. The van der Waals surface area contributed by atoms with E-state index in [1.165, 1.54) is 154 Å². The molecule has 15 rings (SSSR count). The van der Waals surface area contributed by atoms with Gasteiger partial charge in [0.1, 0.15) is 11.5 Å². The Balaban J connectivity index is 0.871. The summed E-state index contributed by atoms with van der Waals surface area (Å²) in [5.41, 5.74) is 25.5. The minimum atomic E-state index is -0.225. The molecule has 3 aliphatic rings. The molecule has 2 heteroatoms. The van der Waals surface area contributed by atoms with E-state index in [9.17, 15) is 0 Å². The Labute approximate surface area is 451 Å². The normalized spacial score (nSPS) is 14.8. The molecule has 0 radical (unpaired) electrons. The molecule has 0 aliphatic heterocycles. The second-order valence-electron chi connectivity index (χ2n) is 23.4. The van der Waals surface area contributed by atoms with Gasteiger partial charge >= 0.3 is 0 Å². The van der Waals surface area contributed by atoms with Crippen LogP contribution in [0.3, 0.4) is 0 Å². The summed E-state index contributed by atoms with van der Waals surface area (Å²) in [7, 11) is 3.51. The Hall–Kier alpha value is -8.72. The monoisotopic (exact) mass is 990 g/mol. The highest BCUT2D eigenvalue weighted by Gasteiger charge is 2.39. The van der Waals surface area contributed by atoms with Gasteiger partial charge in [0.25, 0.3) is 0 Å². The van der Waals surface area contributed by atoms with Crippen molar-refractivity contribution in [3.63, 3.8) is 0 Å². The third kappa shape index (κ3) is 6.30. The van der Waals surface area contributed by atoms with E-state index < -0.39 is 0 Å². The van der Waals surface area contributed by atoms with Gasteiger partial charge < -0.3 is 9.47 Å². The summed E-state index contributed by atoms with van der Waals surface area (Å²) in [4.78, 5) is 0. The Morgan fingerprint density at radius 2 is 0.455 bits per heavy atom. The molecule has 3 aliphatic carbocycles. The molecule has 77 heavy (non-hydrogen) atoms. The zero-order chi connectivity index (χ0) is 52.3. The van der Waals surface area contributed by atoms with Crippen molar-refractivity contribution in [2.45, 2.75) is 57.8 Å². The SMILES string of the molecule is COc1ccc2c(c1)C(C)(C)c1cc(-c3ccc4c(c3)C(C)(C)c3cc(-c5c6ccccc6c(-c6c7ccccc7c(-c7ccc8c(c7)C(C)(C)c7cc(OC)ccc7-8)c7ccccc67)c6ccccc56)ccc3-4)ccc1-2. The molecule has 12 aromatic rings. The summed E-state index contributed by atoms with van der Waals surface area (Å²) in [5, 5.41) is 10.0. The van der Waals surface area contributed by atoms with Crippen LogP contribution in [0.4, 0.5) is 0 Å². The lowest BCUT2D eigenvalue weighted by atomic mass is 9.78. The van der Waals surface area contributed by atoms with Crippen LogP contribution >= 0.6 is 0 Å². The fourth-order valence-electron chi connectivity index (χ4n) is 14.5. The van der Waals surface area contributed by atoms with E-state index in [4.69, 9.17) is 9.47 Å². The quantitative estimate of drug-likeness (QED) is 0.155. The first-order valence-corrected chi connectivity index (χ1v) is 27.2. The van der Waals surface area contributed by atoms with E-state index in [1.54, 1.807) is 14.2 Å². The molecule has 0 saturated heterocycles. The predicted octanol–water partition coefficient (Wildman–Crippen LogP) is 19.9. The highest BCUT2D eigenvalue weighted by molar-refractivity contribution is 6.30. The topological polar surface area (TPSA) is 18.5 Å². The van der Waals surface area contributed by atoms with Crippen molar-refractivity contribution >= 4 is 43.1 Å². The molecule has 370 valence electrons. The molecule has 0 amide bonds. The minimum absolute atomic E-state index is 0.137. The maximum atomic E-state index is 5.72. The van der Waals surface area contributed by atoms with Gasteiger partial charge in [0.15, 0.2) is 0 Å². The largest absolute Gasteiger partial charge is 0.497 e. The number of fused-ring (bicyclic) bond motifs is 13.